The van der Waals surface area contributed by atoms with Crippen LogP contribution in [0, 0.1) is 0 Å². The highest BCUT2D eigenvalue weighted by Gasteiger charge is 2.47. The first kappa shape index (κ1) is 20.9. The van der Waals surface area contributed by atoms with Crippen molar-refractivity contribution >= 4 is 46.5 Å². The topological polar surface area (TPSA) is 79.7 Å². The van der Waals surface area contributed by atoms with Gasteiger partial charge in [0, 0.05) is 16.8 Å². The lowest BCUT2D eigenvalue weighted by atomic mass is 9.95. The van der Waals surface area contributed by atoms with E-state index < -0.39 is 17.7 Å². The molecule has 1 atom stereocenters. The predicted octanol–water partition coefficient (Wildman–Crippen LogP) is 5.02. The number of rotatable bonds is 4. The molecule has 4 rings (SSSR count). The van der Waals surface area contributed by atoms with Crippen molar-refractivity contribution in [3.05, 3.63) is 93.6 Å². The van der Waals surface area contributed by atoms with Crippen LogP contribution in [0.5, 0.6) is 5.75 Å². The fraction of sp³-hybridized carbons (Fsp3) is 0.0870. The van der Waals surface area contributed by atoms with Gasteiger partial charge in [0.2, 0.25) is 0 Å². The molecule has 0 bridgehead atoms. The summed E-state index contributed by atoms with van der Waals surface area (Å²) < 4.78 is 5.14. The SMILES string of the molecule is COc1ccc(C(O)=C2C(=O)C(=O)N(c3ccccn3)[C@@H]2c2ccc(Cl)cc2)cc1Cl. The number of aliphatic hydroxyl groups is 1. The maximum absolute atomic E-state index is 13.0. The zero-order valence-corrected chi connectivity index (χ0v) is 17.8. The van der Waals surface area contributed by atoms with Crippen molar-refractivity contribution in [2.24, 2.45) is 0 Å². The van der Waals surface area contributed by atoms with Crippen LogP contribution in [-0.2, 0) is 9.59 Å². The van der Waals surface area contributed by atoms with Gasteiger partial charge < -0.3 is 9.84 Å². The summed E-state index contributed by atoms with van der Waals surface area (Å²) in [5, 5.41) is 11.8. The summed E-state index contributed by atoms with van der Waals surface area (Å²) in [4.78, 5) is 31.5. The first-order valence-corrected chi connectivity index (χ1v) is 9.99. The molecule has 1 fully saturated rings. The first-order valence-electron chi connectivity index (χ1n) is 9.23. The number of carbonyl (C=O) groups is 2. The summed E-state index contributed by atoms with van der Waals surface area (Å²) in [7, 11) is 1.47. The molecule has 1 amide bonds. The van der Waals surface area contributed by atoms with E-state index in [1.54, 1.807) is 54.6 Å². The molecule has 0 radical (unpaired) electrons. The Balaban J connectivity index is 1.93. The number of hydrogen-bond donors (Lipinski definition) is 1. The van der Waals surface area contributed by atoms with Gasteiger partial charge in [0.25, 0.3) is 5.78 Å². The number of hydrogen-bond acceptors (Lipinski definition) is 5. The molecule has 2 aromatic carbocycles. The van der Waals surface area contributed by atoms with Gasteiger partial charge in [0.05, 0.1) is 23.7 Å². The van der Waals surface area contributed by atoms with Gasteiger partial charge in [0.15, 0.2) is 0 Å². The van der Waals surface area contributed by atoms with E-state index in [-0.39, 0.29) is 27.7 Å². The second-order valence-electron chi connectivity index (χ2n) is 6.76. The normalized spacial score (nSPS) is 17.8. The van der Waals surface area contributed by atoms with Gasteiger partial charge in [-0.05, 0) is 48.0 Å². The van der Waals surface area contributed by atoms with Gasteiger partial charge in [-0.3, -0.25) is 14.5 Å². The molecule has 31 heavy (non-hydrogen) atoms. The monoisotopic (exact) mass is 454 g/mol. The van der Waals surface area contributed by atoms with Gasteiger partial charge in [0.1, 0.15) is 17.3 Å². The third kappa shape index (κ3) is 3.76. The average molecular weight is 455 g/mol. The summed E-state index contributed by atoms with van der Waals surface area (Å²) >= 11 is 12.2. The van der Waals surface area contributed by atoms with Crippen molar-refractivity contribution in [2.45, 2.75) is 6.04 Å². The number of methoxy groups -OCH3 is 1. The Labute approximate surface area is 188 Å². The summed E-state index contributed by atoms with van der Waals surface area (Å²) in [6.45, 7) is 0. The Morgan fingerprint density at radius 3 is 2.42 bits per heavy atom. The van der Waals surface area contributed by atoms with Crippen molar-refractivity contribution < 1.29 is 19.4 Å². The number of benzene rings is 2. The number of ether oxygens (including phenoxy) is 1. The van der Waals surface area contributed by atoms with Gasteiger partial charge in [-0.1, -0.05) is 41.4 Å². The van der Waals surface area contributed by atoms with Gasteiger partial charge in [-0.2, -0.15) is 0 Å². The zero-order valence-electron chi connectivity index (χ0n) is 16.3. The molecule has 1 saturated heterocycles. The van der Waals surface area contributed by atoms with Crippen molar-refractivity contribution in [1.82, 2.24) is 4.98 Å². The molecule has 3 aromatic rings. The molecular weight excluding hydrogens is 439 g/mol. The molecule has 1 aliphatic rings. The van der Waals surface area contributed by atoms with E-state index in [1.165, 1.54) is 24.3 Å². The molecule has 8 heteroatoms. The third-order valence-corrected chi connectivity index (χ3v) is 5.50. The quantitative estimate of drug-likeness (QED) is 0.340. The Morgan fingerprint density at radius 1 is 1.06 bits per heavy atom. The van der Waals surface area contributed by atoms with Crippen LogP contribution in [0.1, 0.15) is 17.2 Å². The zero-order chi connectivity index (χ0) is 22.1. The van der Waals surface area contributed by atoms with Crippen molar-refractivity contribution in [3.63, 3.8) is 0 Å². The Bertz CT molecular complexity index is 1190. The number of halogens is 2. The molecule has 0 aliphatic carbocycles. The summed E-state index contributed by atoms with van der Waals surface area (Å²) in [5.41, 5.74) is 0.804. The standard InChI is InChI=1S/C23H16Cl2N2O4/c1-31-17-10-7-14(12-16(17)25)21(28)19-20(13-5-8-15(24)9-6-13)27(23(30)22(19)29)18-4-2-3-11-26-18/h2-12,20,28H,1H3/t20-/m1/s1. The first-order chi connectivity index (χ1) is 14.9. The molecular formula is C23H16Cl2N2O4. The van der Waals surface area contributed by atoms with Gasteiger partial charge in [-0.25, -0.2) is 4.98 Å². The number of carbonyl (C=O) groups excluding carboxylic acids is 2. The maximum Gasteiger partial charge on any atom is 0.301 e. The number of Topliss-reactive ketones (excluding diaryl/α,β-unsaturated/α-hetero) is 1. The van der Waals surface area contributed by atoms with Crippen LogP contribution >= 0.6 is 23.2 Å². The van der Waals surface area contributed by atoms with E-state index in [0.717, 1.165) is 0 Å². The van der Waals surface area contributed by atoms with Crippen molar-refractivity contribution in [3.8, 4) is 5.75 Å². The minimum atomic E-state index is -0.895. The second kappa shape index (κ2) is 8.41. The fourth-order valence-electron chi connectivity index (χ4n) is 3.49. The largest absolute Gasteiger partial charge is 0.507 e. The van der Waals surface area contributed by atoms with Crippen LogP contribution in [0.3, 0.4) is 0 Å². The molecule has 1 aliphatic heterocycles. The minimum absolute atomic E-state index is 0.0702. The number of aliphatic hydroxyl groups excluding tert-OH is 1. The minimum Gasteiger partial charge on any atom is -0.507 e. The maximum atomic E-state index is 13.0. The van der Waals surface area contributed by atoms with Crippen molar-refractivity contribution in [1.29, 1.82) is 0 Å². The number of nitrogens with zero attached hydrogens (tertiary/aromatic N) is 2. The predicted molar refractivity (Wildman–Crippen MR) is 118 cm³/mol. The van der Waals surface area contributed by atoms with Crippen LogP contribution in [-0.4, -0.2) is 28.9 Å². The lowest BCUT2D eigenvalue weighted by Gasteiger charge is -2.24. The molecule has 0 unspecified atom stereocenters. The fourth-order valence-corrected chi connectivity index (χ4v) is 3.88. The second-order valence-corrected chi connectivity index (χ2v) is 7.60. The number of ketones is 1. The van der Waals surface area contributed by atoms with Crippen LogP contribution < -0.4 is 9.64 Å². The number of pyridine rings is 1. The molecule has 6 nitrogen and oxygen atoms in total. The highest BCUT2D eigenvalue weighted by Crippen LogP contribution is 2.42. The van der Waals surface area contributed by atoms with Crippen LogP contribution in [0.4, 0.5) is 5.82 Å². The lowest BCUT2D eigenvalue weighted by molar-refractivity contribution is -0.132. The summed E-state index contributed by atoms with van der Waals surface area (Å²) in [6.07, 6.45) is 1.52. The van der Waals surface area contributed by atoms with Gasteiger partial charge in [-0.15, -0.1) is 0 Å². The molecule has 1 aromatic heterocycles. The Kier molecular flexibility index (Phi) is 5.67. The lowest BCUT2D eigenvalue weighted by Crippen LogP contribution is -2.30. The molecule has 156 valence electrons. The highest BCUT2D eigenvalue weighted by atomic mass is 35.5. The number of aromatic nitrogens is 1. The Hall–Kier alpha value is -3.35. The Morgan fingerprint density at radius 2 is 1.81 bits per heavy atom. The summed E-state index contributed by atoms with van der Waals surface area (Å²) in [5.74, 6) is -1.26. The average Bonchev–Trinajstić information content (AvgIpc) is 3.05. The van der Waals surface area contributed by atoms with E-state index in [9.17, 15) is 14.7 Å². The number of anilines is 1. The highest BCUT2D eigenvalue weighted by molar-refractivity contribution is 6.51. The van der Waals surface area contributed by atoms with E-state index in [4.69, 9.17) is 27.9 Å². The molecule has 2 heterocycles. The third-order valence-electron chi connectivity index (χ3n) is 4.95. The number of amides is 1. The smallest absolute Gasteiger partial charge is 0.301 e. The van der Waals surface area contributed by atoms with Crippen LogP contribution in [0.2, 0.25) is 10.0 Å². The van der Waals surface area contributed by atoms with Crippen LogP contribution in [0.15, 0.2) is 72.4 Å². The van der Waals surface area contributed by atoms with E-state index >= 15 is 0 Å². The van der Waals surface area contributed by atoms with E-state index in [0.29, 0.717) is 16.3 Å². The summed E-state index contributed by atoms with van der Waals surface area (Å²) in [6, 6.07) is 15.5. The van der Waals surface area contributed by atoms with Crippen molar-refractivity contribution in [2.75, 3.05) is 12.0 Å². The van der Waals surface area contributed by atoms with E-state index in [1.807, 2.05) is 0 Å². The van der Waals surface area contributed by atoms with Gasteiger partial charge >= 0.3 is 5.91 Å². The molecule has 1 N–H and O–H groups in total. The van der Waals surface area contributed by atoms with E-state index in [2.05, 4.69) is 4.98 Å². The molecule has 0 saturated carbocycles. The molecule has 0 spiro atoms. The van der Waals surface area contributed by atoms with Crippen LogP contribution in [0.25, 0.3) is 5.76 Å².